The Bertz CT molecular complexity index is 672. The number of carbonyl (C=O) groups is 1. The molecule has 4 atom stereocenters. The summed E-state index contributed by atoms with van der Waals surface area (Å²) in [5, 5.41) is 0. The Morgan fingerprint density at radius 2 is 2.08 bits per heavy atom. The van der Waals surface area contributed by atoms with Crippen LogP contribution in [0.4, 0.5) is 4.39 Å². The summed E-state index contributed by atoms with van der Waals surface area (Å²) in [6, 6.07) is 5.98. The SMILES string of the molecule is Cc1cccc(CC2(C)CCN(C3CCC4CCCC3C4)C2=O)c1F. The molecule has 2 bridgehead atoms. The number of hydrogen-bond donors (Lipinski definition) is 0. The highest BCUT2D eigenvalue weighted by molar-refractivity contribution is 5.85. The number of nitrogens with zero attached hydrogens (tertiary/aromatic N) is 1. The number of likely N-dealkylation sites (tertiary alicyclic amines) is 1. The largest absolute Gasteiger partial charge is 0.339 e. The molecule has 1 aliphatic heterocycles. The third-order valence-corrected chi connectivity index (χ3v) is 7.17. The zero-order valence-corrected chi connectivity index (χ0v) is 15.6. The van der Waals surface area contributed by atoms with Crippen molar-refractivity contribution in [2.75, 3.05) is 6.54 Å². The van der Waals surface area contributed by atoms with Crippen LogP contribution in [0.25, 0.3) is 0 Å². The lowest BCUT2D eigenvalue weighted by molar-refractivity contribution is -0.139. The van der Waals surface area contributed by atoms with Crippen LogP contribution in [0.1, 0.15) is 63.0 Å². The standard InChI is InChI=1S/C22H30FNO/c1-15-5-3-8-18(20(15)23)14-22(2)11-12-24(21(22)25)19-10-9-16-6-4-7-17(19)13-16/h3,5,8,16-17,19H,4,6-7,9-14H2,1-2H3. The number of rotatable bonds is 3. The minimum Gasteiger partial charge on any atom is -0.339 e. The molecule has 1 heterocycles. The Balaban J connectivity index is 1.51. The quantitative estimate of drug-likeness (QED) is 0.765. The van der Waals surface area contributed by atoms with Gasteiger partial charge < -0.3 is 4.90 Å². The van der Waals surface area contributed by atoms with Crippen molar-refractivity contribution >= 4 is 5.91 Å². The molecular formula is C22H30FNO. The Labute approximate surface area is 150 Å². The van der Waals surface area contributed by atoms with Gasteiger partial charge in [0.05, 0.1) is 5.41 Å². The first-order chi connectivity index (χ1) is 12.0. The van der Waals surface area contributed by atoms with E-state index in [0.717, 1.165) is 18.9 Å². The number of aryl methyl sites for hydroxylation is 1. The van der Waals surface area contributed by atoms with Crippen LogP contribution in [0.2, 0.25) is 0 Å². The summed E-state index contributed by atoms with van der Waals surface area (Å²) in [6.07, 6.45) is 9.17. The molecule has 0 N–H and O–H groups in total. The predicted molar refractivity (Wildman–Crippen MR) is 97.7 cm³/mol. The fourth-order valence-electron chi connectivity index (χ4n) is 5.66. The fourth-order valence-corrected chi connectivity index (χ4v) is 5.66. The van der Waals surface area contributed by atoms with Gasteiger partial charge in [-0.25, -0.2) is 4.39 Å². The molecule has 3 heteroatoms. The third-order valence-electron chi connectivity index (χ3n) is 7.17. The monoisotopic (exact) mass is 343 g/mol. The summed E-state index contributed by atoms with van der Waals surface area (Å²) in [4.78, 5) is 15.5. The normalized spacial score (nSPS) is 35.2. The maximum Gasteiger partial charge on any atom is 0.229 e. The van der Waals surface area contributed by atoms with E-state index in [2.05, 4.69) is 4.90 Å². The van der Waals surface area contributed by atoms with Crippen molar-refractivity contribution in [3.05, 3.63) is 35.1 Å². The molecule has 1 amide bonds. The topological polar surface area (TPSA) is 20.3 Å². The Morgan fingerprint density at radius 3 is 2.92 bits per heavy atom. The van der Waals surface area contributed by atoms with E-state index < -0.39 is 5.41 Å². The van der Waals surface area contributed by atoms with E-state index in [9.17, 15) is 9.18 Å². The molecule has 0 spiro atoms. The number of fused-ring (bicyclic) bond motifs is 2. The minimum atomic E-state index is -0.444. The van der Waals surface area contributed by atoms with E-state index in [1.54, 1.807) is 13.0 Å². The van der Waals surface area contributed by atoms with E-state index in [4.69, 9.17) is 0 Å². The second-order valence-electron chi connectivity index (χ2n) is 8.97. The smallest absolute Gasteiger partial charge is 0.229 e. The van der Waals surface area contributed by atoms with Gasteiger partial charge >= 0.3 is 0 Å². The molecule has 3 fully saturated rings. The number of halogens is 1. The number of amides is 1. The summed E-state index contributed by atoms with van der Waals surface area (Å²) < 4.78 is 14.4. The molecular weight excluding hydrogens is 313 g/mol. The van der Waals surface area contributed by atoms with Crippen molar-refractivity contribution < 1.29 is 9.18 Å². The molecule has 25 heavy (non-hydrogen) atoms. The van der Waals surface area contributed by atoms with Gasteiger partial charge in [0.25, 0.3) is 0 Å². The molecule has 2 aliphatic carbocycles. The first-order valence-electron chi connectivity index (χ1n) is 10.0. The zero-order chi connectivity index (χ0) is 17.6. The average Bonchev–Trinajstić information content (AvgIpc) is 2.88. The van der Waals surface area contributed by atoms with Gasteiger partial charge in [-0.2, -0.15) is 0 Å². The van der Waals surface area contributed by atoms with Gasteiger partial charge in [-0.15, -0.1) is 0 Å². The van der Waals surface area contributed by atoms with Gasteiger partial charge in [0.15, 0.2) is 0 Å². The average molecular weight is 343 g/mol. The van der Waals surface area contributed by atoms with Crippen LogP contribution >= 0.6 is 0 Å². The van der Waals surface area contributed by atoms with Crippen molar-refractivity contribution in [2.24, 2.45) is 17.3 Å². The molecule has 0 radical (unpaired) electrons. The fraction of sp³-hybridized carbons (Fsp3) is 0.682. The van der Waals surface area contributed by atoms with E-state index in [1.807, 2.05) is 19.1 Å². The van der Waals surface area contributed by atoms with Crippen molar-refractivity contribution in [1.29, 1.82) is 0 Å². The Kier molecular flexibility index (Phi) is 4.37. The van der Waals surface area contributed by atoms with Crippen molar-refractivity contribution in [3.63, 3.8) is 0 Å². The summed E-state index contributed by atoms with van der Waals surface area (Å²) in [5.41, 5.74) is 0.920. The number of benzene rings is 1. The lowest BCUT2D eigenvalue weighted by Gasteiger charge is -2.44. The second kappa shape index (κ2) is 6.41. The minimum absolute atomic E-state index is 0.136. The van der Waals surface area contributed by atoms with Crippen molar-refractivity contribution in [3.8, 4) is 0 Å². The predicted octanol–water partition coefficient (Wildman–Crippen LogP) is 4.88. The third kappa shape index (κ3) is 3.00. The van der Waals surface area contributed by atoms with Crippen LogP contribution in [-0.2, 0) is 11.2 Å². The van der Waals surface area contributed by atoms with Gasteiger partial charge in [0, 0.05) is 12.6 Å². The number of hydrogen-bond acceptors (Lipinski definition) is 1. The Morgan fingerprint density at radius 1 is 1.24 bits per heavy atom. The van der Waals surface area contributed by atoms with Crippen LogP contribution in [0, 0.1) is 30.0 Å². The van der Waals surface area contributed by atoms with Gasteiger partial charge in [0.2, 0.25) is 5.91 Å². The highest BCUT2D eigenvalue weighted by Gasteiger charge is 2.48. The first-order valence-corrected chi connectivity index (χ1v) is 10.0. The van der Waals surface area contributed by atoms with Gasteiger partial charge in [-0.1, -0.05) is 38.0 Å². The van der Waals surface area contributed by atoms with Crippen molar-refractivity contribution in [2.45, 2.75) is 71.3 Å². The molecule has 0 aromatic heterocycles. The molecule has 1 saturated heterocycles. The summed E-state index contributed by atoms with van der Waals surface area (Å²) in [7, 11) is 0. The zero-order valence-electron chi connectivity index (χ0n) is 15.6. The first kappa shape index (κ1) is 17.1. The molecule has 136 valence electrons. The molecule has 2 nitrogen and oxygen atoms in total. The van der Waals surface area contributed by atoms with E-state index in [0.29, 0.717) is 29.5 Å². The van der Waals surface area contributed by atoms with E-state index in [-0.39, 0.29) is 11.7 Å². The summed E-state index contributed by atoms with van der Waals surface area (Å²) in [6.45, 7) is 4.70. The van der Waals surface area contributed by atoms with Gasteiger partial charge in [0.1, 0.15) is 5.82 Å². The van der Waals surface area contributed by atoms with Crippen molar-refractivity contribution in [1.82, 2.24) is 4.90 Å². The lowest BCUT2D eigenvalue weighted by atomic mass is 9.69. The van der Waals surface area contributed by atoms with E-state index in [1.165, 1.54) is 38.5 Å². The lowest BCUT2D eigenvalue weighted by Crippen LogP contribution is -2.48. The molecule has 4 unspecified atom stereocenters. The van der Waals surface area contributed by atoms with Gasteiger partial charge in [-0.05, 0) is 68.4 Å². The highest BCUT2D eigenvalue weighted by Crippen LogP contribution is 2.45. The van der Waals surface area contributed by atoms with E-state index >= 15 is 0 Å². The molecule has 2 saturated carbocycles. The molecule has 3 aliphatic rings. The maximum atomic E-state index is 14.4. The van der Waals surface area contributed by atoms with Crippen LogP contribution in [0.15, 0.2) is 18.2 Å². The van der Waals surface area contributed by atoms with Crippen LogP contribution in [0.5, 0.6) is 0 Å². The Hall–Kier alpha value is -1.38. The summed E-state index contributed by atoms with van der Waals surface area (Å²) >= 11 is 0. The van der Waals surface area contributed by atoms with Crippen LogP contribution < -0.4 is 0 Å². The molecule has 1 aromatic rings. The second-order valence-corrected chi connectivity index (χ2v) is 8.97. The van der Waals surface area contributed by atoms with Crippen LogP contribution in [0.3, 0.4) is 0 Å². The molecule has 1 aromatic carbocycles. The highest BCUT2D eigenvalue weighted by atomic mass is 19.1. The molecule has 4 rings (SSSR count). The van der Waals surface area contributed by atoms with Crippen LogP contribution in [-0.4, -0.2) is 23.4 Å². The summed E-state index contributed by atoms with van der Waals surface area (Å²) in [5.74, 6) is 1.74. The van der Waals surface area contributed by atoms with Gasteiger partial charge in [-0.3, -0.25) is 4.79 Å². The maximum absolute atomic E-state index is 14.4. The number of carbonyl (C=O) groups excluding carboxylic acids is 1.